The highest BCUT2D eigenvalue weighted by atomic mass is 32.2. The Labute approximate surface area is 190 Å². The van der Waals surface area contributed by atoms with Crippen molar-refractivity contribution in [3.63, 3.8) is 0 Å². The summed E-state index contributed by atoms with van der Waals surface area (Å²) < 4.78 is 48.1. The predicted molar refractivity (Wildman–Crippen MR) is 120 cm³/mol. The Morgan fingerprint density at radius 1 is 0.848 bits per heavy atom. The molecule has 0 bridgehead atoms. The number of carbonyl (C=O) groups excluding carboxylic acids is 1. The van der Waals surface area contributed by atoms with Gasteiger partial charge in [-0.3, -0.25) is 9.52 Å². The molecule has 3 aromatic rings. The van der Waals surface area contributed by atoms with Gasteiger partial charge in [-0.2, -0.15) is 9.97 Å². The monoisotopic (exact) mass is 474 g/mol. The second-order valence-electron chi connectivity index (χ2n) is 6.43. The average Bonchev–Trinajstić information content (AvgIpc) is 2.83. The standard InChI is InChI=1S/C21H22N4O7S/c1-29-14-7-10-16(17(11-14)30-2)20(26)22-13-5-8-15(9-6-13)33(27,28)25-18-12-19(31-3)24-21(23-18)32-4/h5-12H,1-4H3,(H,22,26)(H,23,24,25). The molecule has 0 aliphatic carbocycles. The Morgan fingerprint density at radius 2 is 1.58 bits per heavy atom. The first kappa shape index (κ1) is 23.6. The van der Waals surface area contributed by atoms with Gasteiger partial charge in [0.2, 0.25) is 5.88 Å². The maximum Gasteiger partial charge on any atom is 0.321 e. The molecule has 0 fully saturated rings. The third kappa shape index (κ3) is 5.60. The number of sulfonamides is 1. The summed E-state index contributed by atoms with van der Waals surface area (Å²) in [6, 6.07) is 11.7. The van der Waals surface area contributed by atoms with Crippen molar-refractivity contribution in [2.45, 2.75) is 4.90 Å². The van der Waals surface area contributed by atoms with Gasteiger partial charge >= 0.3 is 6.01 Å². The van der Waals surface area contributed by atoms with Gasteiger partial charge in [0.1, 0.15) is 11.5 Å². The topological polar surface area (TPSA) is 138 Å². The van der Waals surface area contributed by atoms with E-state index in [0.29, 0.717) is 22.7 Å². The Balaban J connectivity index is 1.76. The minimum atomic E-state index is -3.98. The normalized spacial score (nSPS) is 10.8. The lowest BCUT2D eigenvalue weighted by molar-refractivity contribution is 0.102. The van der Waals surface area contributed by atoms with Crippen LogP contribution >= 0.6 is 0 Å². The maximum absolute atomic E-state index is 12.7. The molecular weight excluding hydrogens is 452 g/mol. The second-order valence-corrected chi connectivity index (χ2v) is 8.11. The van der Waals surface area contributed by atoms with Crippen LogP contribution in [0.5, 0.6) is 23.4 Å². The molecule has 2 N–H and O–H groups in total. The van der Waals surface area contributed by atoms with Crippen LogP contribution in [0.1, 0.15) is 10.4 Å². The Morgan fingerprint density at radius 3 is 2.18 bits per heavy atom. The summed E-state index contributed by atoms with van der Waals surface area (Å²) in [6.07, 6.45) is 0. The van der Waals surface area contributed by atoms with Gasteiger partial charge in [-0.05, 0) is 36.4 Å². The molecule has 0 aliphatic rings. The number of hydrogen-bond donors (Lipinski definition) is 2. The molecule has 11 nitrogen and oxygen atoms in total. The summed E-state index contributed by atoms with van der Waals surface area (Å²) in [7, 11) is 1.71. The molecular formula is C21H22N4O7S. The number of amides is 1. The number of nitrogens with one attached hydrogen (secondary N) is 2. The molecule has 0 saturated heterocycles. The molecule has 0 radical (unpaired) electrons. The quantitative estimate of drug-likeness (QED) is 0.479. The number of anilines is 2. The average molecular weight is 474 g/mol. The van der Waals surface area contributed by atoms with E-state index in [1.54, 1.807) is 18.2 Å². The Bertz CT molecular complexity index is 1230. The number of nitrogens with zero attached hydrogens (tertiary/aromatic N) is 2. The van der Waals surface area contributed by atoms with E-state index in [9.17, 15) is 13.2 Å². The van der Waals surface area contributed by atoms with Gasteiger partial charge < -0.3 is 24.3 Å². The summed E-state index contributed by atoms with van der Waals surface area (Å²) in [4.78, 5) is 20.5. The molecule has 2 aromatic carbocycles. The maximum atomic E-state index is 12.7. The number of ether oxygens (including phenoxy) is 4. The molecule has 0 unspecified atom stereocenters. The second kappa shape index (κ2) is 10.0. The number of rotatable bonds is 9. The summed E-state index contributed by atoms with van der Waals surface area (Å²) in [5.41, 5.74) is 0.686. The van der Waals surface area contributed by atoms with Crippen molar-refractivity contribution >= 4 is 27.4 Å². The van der Waals surface area contributed by atoms with Crippen LogP contribution in [0, 0.1) is 0 Å². The smallest absolute Gasteiger partial charge is 0.321 e. The summed E-state index contributed by atoms with van der Waals surface area (Å²) in [5, 5.41) is 2.70. The molecule has 0 spiro atoms. The zero-order valence-electron chi connectivity index (χ0n) is 18.3. The van der Waals surface area contributed by atoms with Gasteiger partial charge in [-0.15, -0.1) is 0 Å². The van der Waals surface area contributed by atoms with E-state index in [0.717, 1.165) is 0 Å². The van der Waals surface area contributed by atoms with E-state index in [1.807, 2.05) is 0 Å². The SMILES string of the molecule is COc1ccc(C(=O)Nc2ccc(S(=O)(=O)Nc3cc(OC)nc(OC)n3)cc2)c(OC)c1. The minimum absolute atomic E-state index is 0.0253. The van der Waals surface area contributed by atoms with Crippen molar-refractivity contribution < 1.29 is 32.2 Å². The highest BCUT2D eigenvalue weighted by molar-refractivity contribution is 7.92. The third-order valence-corrected chi connectivity index (χ3v) is 5.76. The zero-order valence-corrected chi connectivity index (χ0v) is 19.1. The number of carbonyl (C=O) groups is 1. The molecule has 174 valence electrons. The summed E-state index contributed by atoms with van der Waals surface area (Å²) in [5.74, 6) is 0.563. The Hall–Kier alpha value is -4.06. The van der Waals surface area contributed by atoms with Crippen molar-refractivity contribution in [1.29, 1.82) is 0 Å². The molecule has 1 amide bonds. The number of methoxy groups -OCH3 is 4. The van der Waals surface area contributed by atoms with Gasteiger partial charge in [-0.25, -0.2) is 8.42 Å². The van der Waals surface area contributed by atoms with Crippen LogP contribution in [0.25, 0.3) is 0 Å². The first-order chi connectivity index (χ1) is 15.8. The predicted octanol–water partition coefficient (Wildman–Crippen LogP) is 2.56. The number of benzene rings is 2. The lowest BCUT2D eigenvalue weighted by Crippen LogP contribution is -2.15. The van der Waals surface area contributed by atoms with Crippen LogP contribution in [0.15, 0.2) is 53.4 Å². The highest BCUT2D eigenvalue weighted by Crippen LogP contribution is 2.26. The molecule has 1 aromatic heterocycles. The van der Waals surface area contributed by atoms with Gasteiger partial charge in [0.15, 0.2) is 5.82 Å². The molecule has 0 atom stereocenters. The van der Waals surface area contributed by atoms with Crippen LogP contribution in [-0.4, -0.2) is 52.7 Å². The van der Waals surface area contributed by atoms with Crippen molar-refractivity contribution in [3.8, 4) is 23.4 Å². The van der Waals surface area contributed by atoms with Gasteiger partial charge in [0, 0.05) is 17.8 Å². The largest absolute Gasteiger partial charge is 0.497 e. The van der Waals surface area contributed by atoms with Crippen molar-refractivity contribution in [2.75, 3.05) is 38.5 Å². The molecule has 33 heavy (non-hydrogen) atoms. The van der Waals surface area contributed by atoms with Crippen molar-refractivity contribution in [1.82, 2.24) is 9.97 Å². The first-order valence-corrected chi connectivity index (χ1v) is 10.9. The first-order valence-electron chi connectivity index (χ1n) is 9.43. The fraction of sp³-hybridized carbons (Fsp3) is 0.190. The summed E-state index contributed by atoms with van der Waals surface area (Å²) in [6.45, 7) is 0. The van der Waals surface area contributed by atoms with E-state index < -0.39 is 15.9 Å². The molecule has 0 aliphatic heterocycles. The number of hydrogen-bond acceptors (Lipinski definition) is 9. The minimum Gasteiger partial charge on any atom is -0.497 e. The Kier molecular flexibility index (Phi) is 7.18. The van der Waals surface area contributed by atoms with Crippen LogP contribution in [0.4, 0.5) is 11.5 Å². The summed E-state index contributed by atoms with van der Waals surface area (Å²) >= 11 is 0. The van der Waals surface area contributed by atoms with E-state index in [2.05, 4.69) is 20.0 Å². The fourth-order valence-corrected chi connectivity index (χ4v) is 3.74. The highest BCUT2D eigenvalue weighted by Gasteiger charge is 2.18. The molecule has 0 saturated carbocycles. The molecule has 1 heterocycles. The lowest BCUT2D eigenvalue weighted by Gasteiger charge is -2.12. The third-order valence-electron chi connectivity index (χ3n) is 4.39. The number of aromatic nitrogens is 2. The van der Waals surface area contributed by atoms with Crippen LogP contribution in [0.3, 0.4) is 0 Å². The fourth-order valence-electron chi connectivity index (χ4n) is 2.75. The van der Waals surface area contributed by atoms with Crippen LogP contribution < -0.4 is 29.0 Å². The van der Waals surface area contributed by atoms with E-state index >= 15 is 0 Å². The molecule has 3 rings (SSSR count). The van der Waals surface area contributed by atoms with Crippen LogP contribution in [0.2, 0.25) is 0 Å². The van der Waals surface area contributed by atoms with E-state index in [-0.39, 0.29) is 22.6 Å². The van der Waals surface area contributed by atoms with Gasteiger partial charge in [0.25, 0.3) is 15.9 Å². The zero-order chi connectivity index (χ0) is 24.0. The molecule has 12 heteroatoms. The van der Waals surface area contributed by atoms with Crippen molar-refractivity contribution in [2.24, 2.45) is 0 Å². The lowest BCUT2D eigenvalue weighted by atomic mass is 10.1. The van der Waals surface area contributed by atoms with E-state index in [4.69, 9.17) is 18.9 Å². The van der Waals surface area contributed by atoms with Crippen LogP contribution in [-0.2, 0) is 10.0 Å². The van der Waals surface area contributed by atoms with Gasteiger partial charge in [0.05, 0.1) is 38.9 Å². The van der Waals surface area contributed by atoms with Crippen molar-refractivity contribution in [3.05, 3.63) is 54.1 Å². The van der Waals surface area contributed by atoms with Gasteiger partial charge in [-0.1, -0.05) is 0 Å². The van der Waals surface area contributed by atoms with E-state index in [1.165, 1.54) is 58.8 Å².